The Kier molecular flexibility index (Phi) is 5.09. The fourth-order valence-corrected chi connectivity index (χ4v) is 3.95. The van der Waals surface area contributed by atoms with Crippen LogP contribution in [0.5, 0.6) is 0 Å². The number of nitrogens with zero attached hydrogens (tertiary/aromatic N) is 3. The lowest BCUT2D eigenvalue weighted by Gasteiger charge is -2.16. The van der Waals surface area contributed by atoms with E-state index in [1.807, 2.05) is 12.1 Å². The third-order valence-electron chi connectivity index (χ3n) is 5.50. The van der Waals surface area contributed by atoms with Crippen molar-refractivity contribution < 1.29 is 0 Å². The van der Waals surface area contributed by atoms with Gasteiger partial charge in [0.1, 0.15) is 11.6 Å². The third kappa shape index (κ3) is 3.75. The molecule has 2 aromatic heterocycles. The molecule has 0 aliphatic carbocycles. The zero-order chi connectivity index (χ0) is 19.5. The van der Waals surface area contributed by atoms with Gasteiger partial charge in [-0.25, -0.2) is 0 Å². The lowest BCUT2D eigenvalue weighted by atomic mass is 10.1. The maximum atomic E-state index is 12.7. The number of pyridine rings is 2. The molecule has 1 aliphatic heterocycles. The van der Waals surface area contributed by atoms with Crippen LogP contribution in [-0.4, -0.2) is 27.5 Å². The number of hydrogen-bond acceptors (Lipinski definition) is 4. The average Bonchev–Trinajstić information content (AvgIpc) is 3.15. The minimum absolute atomic E-state index is 0.0327. The van der Waals surface area contributed by atoms with Gasteiger partial charge in [0.15, 0.2) is 0 Å². The highest BCUT2D eigenvalue weighted by Gasteiger charge is 2.22. The van der Waals surface area contributed by atoms with Crippen LogP contribution in [-0.2, 0) is 13.1 Å². The van der Waals surface area contributed by atoms with E-state index in [2.05, 4.69) is 34.1 Å². The molecule has 0 bridgehead atoms. The molecule has 1 saturated heterocycles. The second-order valence-electron chi connectivity index (χ2n) is 7.43. The van der Waals surface area contributed by atoms with Crippen LogP contribution in [0.15, 0.2) is 58.3 Å². The number of hydrogen-bond donors (Lipinski definition) is 1. The van der Waals surface area contributed by atoms with Crippen molar-refractivity contribution in [3.05, 3.63) is 80.5 Å². The molecule has 3 aromatic rings. The summed E-state index contributed by atoms with van der Waals surface area (Å²) >= 11 is 0. The number of likely N-dealkylation sites (tertiary alicyclic amines) is 1. The average molecular weight is 374 g/mol. The minimum atomic E-state index is -0.461. The predicted molar refractivity (Wildman–Crippen MR) is 108 cm³/mol. The van der Waals surface area contributed by atoms with Gasteiger partial charge in [-0.2, -0.15) is 5.26 Å². The highest BCUT2D eigenvalue weighted by molar-refractivity contribution is 5.78. The molecule has 1 aromatic carbocycles. The molecule has 1 atom stereocenters. The third-order valence-corrected chi connectivity index (χ3v) is 5.50. The van der Waals surface area contributed by atoms with Crippen LogP contribution in [0.1, 0.15) is 24.0 Å². The molecular weight excluding hydrogens is 352 g/mol. The summed E-state index contributed by atoms with van der Waals surface area (Å²) in [4.78, 5) is 29.5. The van der Waals surface area contributed by atoms with Gasteiger partial charge in [-0.1, -0.05) is 30.3 Å². The van der Waals surface area contributed by atoms with Crippen molar-refractivity contribution in [1.29, 1.82) is 5.26 Å². The Morgan fingerprint density at radius 3 is 2.79 bits per heavy atom. The summed E-state index contributed by atoms with van der Waals surface area (Å²) in [5.74, 6) is 0.566. The largest absolute Gasteiger partial charge is 0.321 e. The molecule has 3 heterocycles. The normalized spacial score (nSPS) is 17.0. The van der Waals surface area contributed by atoms with E-state index < -0.39 is 5.56 Å². The van der Waals surface area contributed by atoms with Crippen LogP contribution in [0.3, 0.4) is 0 Å². The van der Waals surface area contributed by atoms with Gasteiger partial charge >= 0.3 is 0 Å². The monoisotopic (exact) mass is 374 g/mol. The summed E-state index contributed by atoms with van der Waals surface area (Å²) < 4.78 is 1.68. The molecule has 6 heteroatoms. The van der Waals surface area contributed by atoms with Gasteiger partial charge < -0.3 is 9.55 Å². The first kappa shape index (κ1) is 18.2. The first-order chi connectivity index (χ1) is 13.6. The highest BCUT2D eigenvalue weighted by Crippen LogP contribution is 2.22. The quantitative estimate of drug-likeness (QED) is 0.744. The number of nitrogens with one attached hydrogen (secondary N) is 1. The van der Waals surface area contributed by atoms with Crippen molar-refractivity contribution in [2.75, 3.05) is 13.1 Å². The van der Waals surface area contributed by atoms with E-state index in [-0.39, 0.29) is 11.1 Å². The number of rotatable bonds is 5. The summed E-state index contributed by atoms with van der Waals surface area (Å²) in [6, 6.07) is 15.4. The second kappa shape index (κ2) is 7.83. The summed E-state index contributed by atoms with van der Waals surface area (Å²) in [6.07, 6.45) is 3.80. The first-order valence-corrected chi connectivity index (χ1v) is 9.57. The lowest BCUT2D eigenvalue weighted by Crippen LogP contribution is -2.24. The molecule has 1 aliphatic rings. The Hall–Kier alpha value is -3.17. The van der Waals surface area contributed by atoms with E-state index in [9.17, 15) is 9.59 Å². The maximum absolute atomic E-state index is 12.7. The molecule has 142 valence electrons. The number of aromatic amines is 1. The highest BCUT2D eigenvalue weighted by atomic mass is 16.1. The number of benzene rings is 1. The molecule has 4 rings (SSSR count). The molecule has 6 nitrogen and oxygen atoms in total. The van der Waals surface area contributed by atoms with E-state index in [1.165, 1.54) is 11.6 Å². The molecule has 0 saturated carbocycles. The fourth-order valence-electron chi connectivity index (χ4n) is 3.95. The topological polar surface area (TPSA) is 81.9 Å². The predicted octanol–water partition coefficient (Wildman–Crippen LogP) is 2.47. The smallest absolute Gasteiger partial charge is 0.266 e. The lowest BCUT2D eigenvalue weighted by molar-refractivity contribution is 0.310. The van der Waals surface area contributed by atoms with E-state index in [0.717, 1.165) is 32.5 Å². The first-order valence-electron chi connectivity index (χ1n) is 9.57. The summed E-state index contributed by atoms with van der Waals surface area (Å²) in [7, 11) is 0. The van der Waals surface area contributed by atoms with E-state index in [4.69, 9.17) is 5.26 Å². The van der Waals surface area contributed by atoms with Gasteiger partial charge in [-0.3, -0.25) is 14.5 Å². The van der Waals surface area contributed by atoms with Crippen LogP contribution in [0.4, 0.5) is 0 Å². The van der Waals surface area contributed by atoms with Crippen molar-refractivity contribution in [1.82, 2.24) is 14.5 Å². The van der Waals surface area contributed by atoms with Crippen molar-refractivity contribution in [2.24, 2.45) is 5.92 Å². The zero-order valence-electron chi connectivity index (χ0n) is 15.6. The van der Waals surface area contributed by atoms with Crippen molar-refractivity contribution in [2.45, 2.75) is 25.9 Å². The van der Waals surface area contributed by atoms with Gasteiger partial charge in [0.2, 0.25) is 0 Å². The van der Waals surface area contributed by atoms with Crippen molar-refractivity contribution in [3.8, 4) is 6.07 Å². The van der Waals surface area contributed by atoms with E-state index in [1.54, 1.807) is 16.8 Å². The SMILES string of the molecule is N#Cc1cc2c(=O)n(CC[C@@H]3CCN(Cc4ccccc4)C3)ccc2[nH]c1=O. The number of nitriles is 1. The van der Waals surface area contributed by atoms with E-state index in [0.29, 0.717) is 23.4 Å². The minimum Gasteiger partial charge on any atom is -0.321 e. The molecule has 1 fully saturated rings. The Bertz CT molecular complexity index is 1140. The van der Waals surface area contributed by atoms with Gasteiger partial charge in [0.25, 0.3) is 11.1 Å². The number of aryl methyl sites for hydroxylation is 1. The molecule has 0 unspecified atom stereocenters. The van der Waals surface area contributed by atoms with Crippen LogP contribution >= 0.6 is 0 Å². The Labute approximate surface area is 162 Å². The molecular formula is C22H22N4O2. The Morgan fingerprint density at radius 2 is 2.00 bits per heavy atom. The Morgan fingerprint density at radius 1 is 1.18 bits per heavy atom. The van der Waals surface area contributed by atoms with Crippen molar-refractivity contribution in [3.63, 3.8) is 0 Å². The van der Waals surface area contributed by atoms with Crippen molar-refractivity contribution >= 4 is 10.9 Å². The maximum Gasteiger partial charge on any atom is 0.266 e. The summed E-state index contributed by atoms with van der Waals surface area (Å²) in [5.41, 5.74) is 1.15. The van der Waals surface area contributed by atoms with Gasteiger partial charge in [-0.05, 0) is 43.0 Å². The van der Waals surface area contributed by atoms with Gasteiger partial charge in [0, 0.05) is 25.8 Å². The summed E-state index contributed by atoms with van der Waals surface area (Å²) in [6.45, 7) is 3.74. The summed E-state index contributed by atoms with van der Waals surface area (Å²) in [5, 5.41) is 9.42. The van der Waals surface area contributed by atoms with Crippen LogP contribution in [0, 0.1) is 17.2 Å². The number of H-pyrrole nitrogens is 1. The van der Waals surface area contributed by atoms with E-state index >= 15 is 0 Å². The number of aromatic nitrogens is 2. The molecule has 0 amide bonds. The van der Waals surface area contributed by atoms with Crippen LogP contribution < -0.4 is 11.1 Å². The van der Waals surface area contributed by atoms with Gasteiger partial charge in [0.05, 0.1) is 10.9 Å². The Balaban J connectivity index is 1.43. The molecule has 1 N–H and O–H groups in total. The van der Waals surface area contributed by atoms with Gasteiger partial charge in [-0.15, -0.1) is 0 Å². The molecule has 28 heavy (non-hydrogen) atoms. The van der Waals surface area contributed by atoms with Crippen LogP contribution in [0.25, 0.3) is 10.9 Å². The fraction of sp³-hybridized carbons (Fsp3) is 0.318. The standard InChI is InChI=1S/C22H22N4O2/c23-13-18-12-19-20(24-21(18)27)8-11-26(22(19)28)10-7-17-6-9-25(15-17)14-16-4-2-1-3-5-16/h1-5,8,11-12,17H,6-7,9-10,14-15H2,(H,24,27)/t17-/m0/s1. The zero-order valence-corrected chi connectivity index (χ0v) is 15.6. The molecule has 0 radical (unpaired) electrons. The number of fused-ring (bicyclic) bond motifs is 1. The molecule has 0 spiro atoms. The second-order valence-corrected chi connectivity index (χ2v) is 7.43. The van der Waals surface area contributed by atoms with Crippen LogP contribution in [0.2, 0.25) is 0 Å².